The number of nitrogens with zero attached hydrogens (tertiary/aromatic N) is 2. The second-order valence-electron chi connectivity index (χ2n) is 12.2. The molecule has 1 aromatic rings. The van der Waals surface area contributed by atoms with E-state index in [0.717, 1.165) is 25.0 Å². The predicted octanol–water partition coefficient (Wildman–Crippen LogP) is 4.21. The zero-order chi connectivity index (χ0) is 21.9. The molecule has 4 saturated carbocycles. The lowest BCUT2D eigenvalue weighted by molar-refractivity contribution is -0.146. The van der Waals surface area contributed by atoms with Crippen LogP contribution in [0.5, 0.6) is 0 Å². The molecule has 6 nitrogen and oxygen atoms in total. The van der Waals surface area contributed by atoms with E-state index in [0.29, 0.717) is 23.6 Å². The van der Waals surface area contributed by atoms with E-state index in [1.54, 1.807) is 0 Å². The van der Waals surface area contributed by atoms with Crippen LogP contribution >= 0.6 is 0 Å². The molecule has 4 bridgehead atoms. The third kappa shape index (κ3) is 4.02. The summed E-state index contributed by atoms with van der Waals surface area (Å²) in [5, 5.41) is 10.7. The Hall–Kier alpha value is -1.85. The molecule has 0 unspecified atom stereocenters. The minimum absolute atomic E-state index is 0.0146. The van der Waals surface area contributed by atoms with Gasteiger partial charge in [0, 0.05) is 16.9 Å². The number of hydrogen-bond donors (Lipinski definition) is 2. The molecule has 4 fully saturated rings. The Bertz CT molecular complexity index is 805. The molecule has 4 aliphatic rings. The molecule has 0 spiro atoms. The fraction of sp³-hybridized carbons (Fsp3) is 0.792. The van der Waals surface area contributed by atoms with Gasteiger partial charge in [0.15, 0.2) is 0 Å². The van der Waals surface area contributed by atoms with Gasteiger partial charge in [0.1, 0.15) is 5.82 Å². The van der Waals surface area contributed by atoms with Crippen molar-refractivity contribution in [1.82, 2.24) is 15.1 Å². The van der Waals surface area contributed by atoms with Crippen molar-refractivity contribution < 1.29 is 9.59 Å². The smallest absolute Gasteiger partial charge is 0.244 e. The first-order chi connectivity index (χ1) is 13.9. The summed E-state index contributed by atoms with van der Waals surface area (Å²) in [4.78, 5) is 25.8. The van der Waals surface area contributed by atoms with Crippen LogP contribution in [0.15, 0.2) is 6.07 Å². The molecule has 1 aromatic heterocycles. The number of carbonyl (C=O) groups is 2. The Morgan fingerprint density at radius 3 is 2.03 bits per heavy atom. The van der Waals surface area contributed by atoms with Gasteiger partial charge < -0.3 is 10.6 Å². The van der Waals surface area contributed by atoms with Crippen LogP contribution < -0.4 is 10.6 Å². The van der Waals surface area contributed by atoms with Crippen LogP contribution in [0.25, 0.3) is 0 Å². The molecular formula is C24H38N4O2. The second kappa shape index (κ2) is 7.10. The van der Waals surface area contributed by atoms with Gasteiger partial charge in [0.2, 0.25) is 11.8 Å². The summed E-state index contributed by atoms with van der Waals surface area (Å²) in [7, 11) is 0. The van der Waals surface area contributed by atoms with Gasteiger partial charge in [-0.1, -0.05) is 20.8 Å². The fourth-order valence-electron chi connectivity index (χ4n) is 6.27. The fourth-order valence-corrected chi connectivity index (χ4v) is 6.27. The number of nitrogens with one attached hydrogen (secondary N) is 2. The highest BCUT2D eigenvalue weighted by Gasteiger charge is 2.54. The van der Waals surface area contributed by atoms with Crippen LogP contribution in [-0.2, 0) is 20.5 Å². The molecule has 5 rings (SSSR count). The molecule has 6 heteroatoms. The number of aromatic nitrogens is 2. The first kappa shape index (κ1) is 21.4. The lowest BCUT2D eigenvalue weighted by Crippen LogP contribution is -2.54. The van der Waals surface area contributed by atoms with Crippen LogP contribution in [0.1, 0.15) is 85.8 Å². The largest absolute Gasteiger partial charge is 0.347 e. The number of carbonyl (C=O) groups excluding carboxylic acids is 2. The molecule has 0 saturated heterocycles. The molecule has 30 heavy (non-hydrogen) atoms. The van der Waals surface area contributed by atoms with Gasteiger partial charge in [-0.25, -0.2) is 4.68 Å². The van der Waals surface area contributed by atoms with Crippen LogP contribution in [0.4, 0.5) is 5.82 Å². The van der Waals surface area contributed by atoms with Crippen molar-refractivity contribution in [2.45, 2.75) is 91.0 Å². The van der Waals surface area contributed by atoms with E-state index in [4.69, 9.17) is 5.10 Å². The normalized spacial score (nSPS) is 30.4. The zero-order valence-corrected chi connectivity index (χ0v) is 19.5. The summed E-state index contributed by atoms with van der Waals surface area (Å²) >= 11 is 0. The molecule has 0 radical (unpaired) electrons. The van der Waals surface area contributed by atoms with Crippen LogP contribution in [0, 0.1) is 23.2 Å². The Morgan fingerprint density at radius 1 is 1.03 bits per heavy atom. The molecule has 2 amide bonds. The summed E-state index contributed by atoms with van der Waals surface area (Å²) in [6.07, 6.45) is 6.95. The molecule has 4 aliphatic carbocycles. The minimum Gasteiger partial charge on any atom is -0.347 e. The maximum absolute atomic E-state index is 13.1. The van der Waals surface area contributed by atoms with Gasteiger partial charge in [-0.2, -0.15) is 5.10 Å². The van der Waals surface area contributed by atoms with E-state index in [1.165, 1.54) is 19.3 Å². The van der Waals surface area contributed by atoms with Crippen molar-refractivity contribution in [3.8, 4) is 0 Å². The maximum Gasteiger partial charge on any atom is 0.244 e. The molecule has 0 atom stereocenters. The summed E-state index contributed by atoms with van der Waals surface area (Å²) in [5.41, 5.74) is 0.351. The Morgan fingerprint density at radius 2 is 1.57 bits per heavy atom. The van der Waals surface area contributed by atoms with Crippen molar-refractivity contribution in [1.29, 1.82) is 0 Å². The van der Waals surface area contributed by atoms with Gasteiger partial charge in [0.05, 0.1) is 17.8 Å². The standard InChI is InChI=1S/C24H38N4O2/c1-22(2,3)18-10-19(28(27-18)23(4,5)6)26-20(29)14-25-21(30)24-11-15-7-16(12-24)9-17(8-15)13-24/h10,15-17H,7-9,11-14H2,1-6H3,(H,25,30)(H,26,29). The van der Waals surface area contributed by atoms with Crippen LogP contribution in [0.3, 0.4) is 0 Å². The average molecular weight is 415 g/mol. The van der Waals surface area contributed by atoms with E-state index in [1.807, 2.05) is 10.7 Å². The van der Waals surface area contributed by atoms with E-state index in [2.05, 4.69) is 52.2 Å². The van der Waals surface area contributed by atoms with Gasteiger partial charge in [-0.15, -0.1) is 0 Å². The summed E-state index contributed by atoms with van der Waals surface area (Å²) < 4.78 is 1.87. The minimum atomic E-state index is -0.255. The predicted molar refractivity (Wildman–Crippen MR) is 118 cm³/mol. The van der Waals surface area contributed by atoms with Crippen molar-refractivity contribution >= 4 is 17.6 Å². The quantitative estimate of drug-likeness (QED) is 0.775. The number of amides is 2. The Kier molecular flexibility index (Phi) is 5.06. The van der Waals surface area contributed by atoms with Crippen molar-refractivity contribution in [2.24, 2.45) is 23.2 Å². The van der Waals surface area contributed by atoms with Crippen molar-refractivity contribution in [2.75, 3.05) is 11.9 Å². The van der Waals surface area contributed by atoms with E-state index < -0.39 is 0 Å². The van der Waals surface area contributed by atoms with E-state index >= 15 is 0 Å². The number of hydrogen-bond acceptors (Lipinski definition) is 3. The molecular weight excluding hydrogens is 376 g/mol. The molecule has 2 N–H and O–H groups in total. The number of rotatable bonds is 4. The highest BCUT2D eigenvalue weighted by Crippen LogP contribution is 2.60. The van der Waals surface area contributed by atoms with Crippen molar-refractivity contribution in [3.63, 3.8) is 0 Å². The average Bonchev–Trinajstić information content (AvgIpc) is 3.03. The highest BCUT2D eigenvalue weighted by molar-refractivity contribution is 5.95. The zero-order valence-electron chi connectivity index (χ0n) is 19.5. The molecule has 0 aliphatic heterocycles. The lowest BCUT2D eigenvalue weighted by Gasteiger charge is -2.55. The molecule has 0 aromatic carbocycles. The van der Waals surface area contributed by atoms with Gasteiger partial charge in [-0.05, 0) is 77.0 Å². The van der Waals surface area contributed by atoms with Crippen molar-refractivity contribution in [3.05, 3.63) is 11.8 Å². The SMILES string of the molecule is CC(C)(C)c1cc(NC(=O)CNC(=O)C23CC4CC(CC(C4)C2)C3)n(C(C)(C)C)n1. The van der Waals surface area contributed by atoms with E-state index in [-0.39, 0.29) is 34.7 Å². The topological polar surface area (TPSA) is 76.0 Å². The molecule has 166 valence electrons. The first-order valence-corrected chi connectivity index (χ1v) is 11.5. The van der Waals surface area contributed by atoms with Gasteiger partial charge in [-0.3, -0.25) is 9.59 Å². The summed E-state index contributed by atoms with van der Waals surface area (Å²) in [5.74, 6) is 2.73. The third-order valence-electron chi connectivity index (χ3n) is 7.31. The highest BCUT2D eigenvalue weighted by atomic mass is 16.2. The van der Waals surface area contributed by atoms with Crippen LogP contribution in [0.2, 0.25) is 0 Å². The third-order valence-corrected chi connectivity index (χ3v) is 7.31. The first-order valence-electron chi connectivity index (χ1n) is 11.5. The number of anilines is 1. The lowest BCUT2D eigenvalue weighted by atomic mass is 9.49. The molecule has 1 heterocycles. The summed E-state index contributed by atoms with van der Waals surface area (Å²) in [6.45, 7) is 12.5. The maximum atomic E-state index is 13.1. The second-order valence-corrected chi connectivity index (χ2v) is 12.2. The monoisotopic (exact) mass is 414 g/mol. The summed E-state index contributed by atoms with van der Waals surface area (Å²) in [6, 6.07) is 1.95. The van der Waals surface area contributed by atoms with Crippen LogP contribution in [-0.4, -0.2) is 28.1 Å². The van der Waals surface area contributed by atoms with E-state index in [9.17, 15) is 9.59 Å². The Labute approximate surface area is 180 Å². The van der Waals surface area contributed by atoms with Gasteiger partial charge >= 0.3 is 0 Å². The van der Waals surface area contributed by atoms with Gasteiger partial charge in [0.25, 0.3) is 0 Å². The Balaban J connectivity index is 1.41.